The Morgan fingerprint density at radius 2 is 2.09 bits per heavy atom. The highest BCUT2D eigenvalue weighted by Gasteiger charge is 2.40. The molecule has 2 aromatic heterocycles. The van der Waals surface area contributed by atoms with Gasteiger partial charge in [-0.15, -0.1) is 0 Å². The minimum atomic E-state index is 0.575. The summed E-state index contributed by atoms with van der Waals surface area (Å²) in [4.78, 5) is 6.95. The fourth-order valence-corrected chi connectivity index (χ4v) is 4.67. The maximum absolute atomic E-state index is 4.35. The molecule has 1 fully saturated rings. The second-order valence-corrected chi connectivity index (χ2v) is 7.04. The lowest BCUT2D eigenvalue weighted by Gasteiger charge is -2.32. The molecule has 0 saturated carbocycles. The largest absolute Gasteiger partial charge is 0.312 e. The van der Waals surface area contributed by atoms with Gasteiger partial charge in [0.15, 0.2) is 0 Å². The first-order valence-electron chi connectivity index (χ1n) is 8.50. The first kappa shape index (κ1) is 13.3. The van der Waals surface area contributed by atoms with Gasteiger partial charge in [-0.2, -0.15) is 0 Å². The van der Waals surface area contributed by atoms with Crippen LogP contribution in [0.25, 0.3) is 16.6 Å². The Bertz CT molecular complexity index is 894. The minimum Gasteiger partial charge on any atom is -0.312 e. The molecule has 1 aromatic carbocycles. The lowest BCUT2D eigenvalue weighted by Crippen LogP contribution is -2.34. The predicted octanol–water partition coefficient (Wildman–Crippen LogP) is 4.03. The van der Waals surface area contributed by atoms with E-state index in [1.807, 2.05) is 18.5 Å². The number of fused-ring (bicyclic) bond motifs is 6. The molecule has 1 saturated heterocycles. The van der Waals surface area contributed by atoms with Gasteiger partial charge in [0.25, 0.3) is 0 Å². The van der Waals surface area contributed by atoms with Crippen LogP contribution >= 0.6 is 0 Å². The molecule has 0 radical (unpaired) electrons. The molecule has 23 heavy (non-hydrogen) atoms. The van der Waals surface area contributed by atoms with Crippen LogP contribution in [0.4, 0.5) is 0 Å². The Morgan fingerprint density at radius 3 is 2.91 bits per heavy atom. The van der Waals surface area contributed by atoms with Gasteiger partial charge >= 0.3 is 0 Å². The standard InChI is InChI=1S/C20H21N3/c1-13-5-7-17-16(10-13)20-18-8-6-14(22(18)2)11-19(20)23(17)15-4-3-9-21-12-15/h3-5,7,9-10,12,14,18H,6,8,11H2,1-2H3. The second kappa shape index (κ2) is 4.68. The third kappa shape index (κ3) is 1.77. The van der Waals surface area contributed by atoms with Crippen molar-refractivity contribution in [3.63, 3.8) is 0 Å². The lowest BCUT2D eigenvalue weighted by molar-refractivity contribution is 0.223. The molecule has 2 aliphatic heterocycles. The molecular formula is C20H21N3. The fourth-order valence-electron chi connectivity index (χ4n) is 4.67. The van der Waals surface area contributed by atoms with Crippen LogP contribution in [0.1, 0.15) is 35.7 Å². The third-order valence-electron chi connectivity index (χ3n) is 5.77. The average Bonchev–Trinajstić information content (AvgIpc) is 2.99. The molecular weight excluding hydrogens is 282 g/mol. The third-order valence-corrected chi connectivity index (χ3v) is 5.77. The van der Waals surface area contributed by atoms with E-state index < -0.39 is 0 Å². The molecule has 0 amide bonds. The van der Waals surface area contributed by atoms with E-state index in [1.165, 1.54) is 40.7 Å². The summed E-state index contributed by atoms with van der Waals surface area (Å²) in [5, 5.41) is 1.43. The normalized spacial score (nSPS) is 23.4. The molecule has 2 atom stereocenters. The van der Waals surface area contributed by atoms with Crippen molar-refractivity contribution in [3.05, 3.63) is 59.5 Å². The van der Waals surface area contributed by atoms with Gasteiger partial charge in [-0.1, -0.05) is 11.6 Å². The van der Waals surface area contributed by atoms with Gasteiger partial charge in [0.1, 0.15) is 0 Å². The van der Waals surface area contributed by atoms with E-state index in [9.17, 15) is 0 Å². The average molecular weight is 303 g/mol. The molecule has 5 rings (SSSR count). The van der Waals surface area contributed by atoms with E-state index in [-0.39, 0.29) is 0 Å². The van der Waals surface area contributed by atoms with Crippen molar-refractivity contribution in [1.82, 2.24) is 14.5 Å². The zero-order valence-electron chi connectivity index (χ0n) is 13.7. The molecule has 2 unspecified atom stereocenters. The van der Waals surface area contributed by atoms with Crippen LogP contribution in [0.5, 0.6) is 0 Å². The summed E-state index contributed by atoms with van der Waals surface area (Å²) in [5.41, 5.74) is 6.92. The summed E-state index contributed by atoms with van der Waals surface area (Å²) in [6.45, 7) is 2.19. The first-order chi connectivity index (χ1) is 11.2. The van der Waals surface area contributed by atoms with Gasteiger partial charge in [-0.25, -0.2) is 0 Å². The van der Waals surface area contributed by atoms with Crippen LogP contribution in [0.15, 0.2) is 42.7 Å². The molecule has 3 nitrogen and oxygen atoms in total. The fraction of sp³-hybridized carbons (Fsp3) is 0.350. The van der Waals surface area contributed by atoms with Crippen molar-refractivity contribution in [3.8, 4) is 5.69 Å². The van der Waals surface area contributed by atoms with Crippen LogP contribution in [0.3, 0.4) is 0 Å². The molecule has 0 spiro atoms. The number of nitrogens with zero attached hydrogens (tertiary/aromatic N) is 3. The van der Waals surface area contributed by atoms with Crippen molar-refractivity contribution in [2.24, 2.45) is 0 Å². The molecule has 3 aromatic rings. The molecule has 2 bridgehead atoms. The SMILES string of the molecule is Cc1ccc2c(c1)c1c(n2-c2cccnc2)CC2CCC1N2C. The lowest BCUT2D eigenvalue weighted by atomic mass is 9.97. The van der Waals surface area contributed by atoms with Gasteiger partial charge in [0, 0.05) is 35.8 Å². The van der Waals surface area contributed by atoms with Crippen molar-refractivity contribution in [2.75, 3.05) is 7.05 Å². The van der Waals surface area contributed by atoms with Crippen LogP contribution in [-0.2, 0) is 6.42 Å². The topological polar surface area (TPSA) is 21.1 Å². The highest BCUT2D eigenvalue weighted by molar-refractivity contribution is 5.89. The first-order valence-corrected chi connectivity index (χ1v) is 8.50. The molecule has 3 heteroatoms. The van der Waals surface area contributed by atoms with Gasteiger partial charge in [0.05, 0.1) is 17.4 Å². The minimum absolute atomic E-state index is 0.575. The predicted molar refractivity (Wildman–Crippen MR) is 93.0 cm³/mol. The molecule has 4 heterocycles. The Morgan fingerprint density at radius 1 is 1.17 bits per heavy atom. The maximum atomic E-state index is 4.35. The molecule has 0 N–H and O–H groups in total. The zero-order chi connectivity index (χ0) is 15.6. The van der Waals surface area contributed by atoms with E-state index in [0.717, 1.165) is 6.42 Å². The number of aryl methyl sites for hydroxylation is 1. The number of rotatable bonds is 1. The Balaban J connectivity index is 1.88. The smallest absolute Gasteiger partial charge is 0.0642 e. The summed E-state index contributed by atoms with van der Waals surface area (Å²) in [6, 6.07) is 12.3. The van der Waals surface area contributed by atoms with Crippen molar-refractivity contribution < 1.29 is 0 Å². The summed E-state index contributed by atoms with van der Waals surface area (Å²) in [7, 11) is 2.30. The van der Waals surface area contributed by atoms with E-state index in [1.54, 1.807) is 5.56 Å². The van der Waals surface area contributed by atoms with E-state index in [2.05, 4.69) is 52.7 Å². The van der Waals surface area contributed by atoms with Crippen LogP contribution in [-0.4, -0.2) is 27.5 Å². The van der Waals surface area contributed by atoms with Crippen LogP contribution in [0.2, 0.25) is 0 Å². The second-order valence-electron chi connectivity index (χ2n) is 7.04. The summed E-state index contributed by atoms with van der Waals surface area (Å²) >= 11 is 0. The highest BCUT2D eigenvalue weighted by Crippen LogP contribution is 2.47. The van der Waals surface area contributed by atoms with E-state index >= 15 is 0 Å². The summed E-state index contributed by atoms with van der Waals surface area (Å²) in [6.07, 6.45) is 7.58. The number of likely N-dealkylation sites (N-methyl/N-ethyl adjacent to an activating group) is 1. The van der Waals surface area contributed by atoms with Gasteiger partial charge in [0.2, 0.25) is 0 Å². The molecule has 2 aliphatic rings. The van der Waals surface area contributed by atoms with Crippen molar-refractivity contribution in [1.29, 1.82) is 0 Å². The number of aromatic nitrogens is 2. The Labute approximate surface area is 136 Å². The summed E-state index contributed by atoms with van der Waals surface area (Å²) in [5.74, 6) is 0. The van der Waals surface area contributed by atoms with Crippen LogP contribution < -0.4 is 0 Å². The molecule has 116 valence electrons. The number of pyridine rings is 1. The van der Waals surface area contributed by atoms with Gasteiger partial charge < -0.3 is 4.57 Å². The van der Waals surface area contributed by atoms with Crippen LogP contribution in [0, 0.1) is 6.92 Å². The van der Waals surface area contributed by atoms with Crippen molar-refractivity contribution >= 4 is 10.9 Å². The van der Waals surface area contributed by atoms with E-state index in [4.69, 9.17) is 0 Å². The number of hydrogen-bond acceptors (Lipinski definition) is 2. The Kier molecular flexibility index (Phi) is 2.71. The van der Waals surface area contributed by atoms with Gasteiger partial charge in [-0.05, 0) is 56.6 Å². The van der Waals surface area contributed by atoms with Crippen molar-refractivity contribution in [2.45, 2.75) is 38.3 Å². The van der Waals surface area contributed by atoms with E-state index in [0.29, 0.717) is 12.1 Å². The number of hydrogen-bond donors (Lipinski definition) is 0. The summed E-state index contributed by atoms with van der Waals surface area (Å²) < 4.78 is 2.45. The highest BCUT2D eigenvalue weighted by atomic mass is 15.2. The maximum Gasteiger partial charge on any atom is 0.0642 e. The molecule has 0 aliphatic carbocycles. The zero-order valence-corrected chi connectivity index (χ0v) is 13.7. The monoisotopic (exact) mass is 303 g/mol. The Hall–Kier alpha value is -2.13. The van der Waals surface area contributed by atoms with Gasteiger partial charge in [-0.3, -0.25) is 9.88 Å². The number of benzene rings is 1. The quantitative estimate of drug-likeness (QED) is 0.677.